The van der Waals surface area contributed by atoms with Crippen molar-refractivity contribution in [1.82, 2.24) is 9.29 Å². The molecule has 6 rings (SSSR count). The van der Waals surface area contributed by atoms with Crippen molar-refractivity contribution in [3.63, 3.8) is 0 Å². The summed E-state index contributed by atoms with van der Waals surface area (Å²) in [5.41, 5.74) is 4.18. The highest BCUT2D eigenvalue weighted by Crippen LogP contribution is 2.29. The Hall–Kier alpha value is -4.31. The third-order valence-electron chi connectivity index (χ3n) is 6.70. The molecule has 9 heteroatoms. The monoisotopic (exact) mass is 567 g/mol. The fourth-order valence-corrected chi connectivity index (χ4v) is 6.69. The Morgan fingerprint density at radius 3 is 2.25 bits per heavy atom. The second-order valence-corrected chi connectivity index (χ2v) is 12.1. The standard InChI is InChI=1S/C31H25N3O4S2/c35-30(24-12-16-28(17-13-24)40(36,37)34-19-18-22-6-4-5-7-25(22)20-34)33-31-32-29(21-39-31)23-10-14-27(15-11-23)38-26-8-2-1-3-9-26/h1-17,21H,18-20H2,(H,32,33,35). The smallest absolute Gasteiger partial charge is 0.257 e. The number of carbonyl (C=O) groups is 1. The summed E-state index contributed by atoms with van der Waals surface area (Å²) >= 11 is 1.32. The fourth-order valence-electron chi connectivity index (χ4n) is 4.55. The van der Waals surface area contributed by atoms with Crippen molar-refractivity contribution >= 4 is 32.4 Å². The minimum atomic E-state index is -3.67. The van der Waals surface area contributed by atoms with Gasteiger partial charge in [0.1, 0.15) is 11.5 Å². The van der Waals surface area contributed by atoms with Crippen molar-refractivity contribution in [1.29, 1.82) is 0 Å². The zero-order chi connectivity index (χ0) is 27.5. The lowest BCUT2D eigenvalue weighted by Gasteiger charge is -2.28. The molecule has 0 saturated heterocycles. The van der Waals surface area contributed by atoms with Crippen LogP contribution in [-0.2, 0) is 23.0 Å². The highest BCUT2D eigenvalue weighted by molar-refractivity contribution is 7.89. The minimum absolute atomic E-state index is 0.166. The molecule has 0 unspecified atom stereocenters. The van der Waals surface area contributed by atoms with Gasteiger partial charge in [0.25, 0.3) is 5.91 Å². The number of hydrogen-bond acceptors (Lipinski definition) is 6. The SMILES string of the molecule is O=C(Nc1nc(-c2ccc(Oc3ccccc3)cc2)cs1)c1ccc(S(=O)(=O)N2CCc3ccccc3C2)cc1. The lowest BCUT2D eigenvalue weighted by atomic mass is 10.0. The molecular formula is C31H25N3O4S2. The molecule has 40 heavy (non-hydrogen) atoms. The second-order valence-electron chi connectivity index (χ2n) is 9.31. The number of carbonyl (C=O) groups excluding carboxylic acids is 1. The van der Waals surface area contributed by atoms with E-state index >= 15 is 0 Å². The zero-order valence-corrected chi connectivity index (χ0v) is 23.0. The predicted octanol–water partition coefficient (Wildman–Crippen LogP) is 6.60. The summed E-state index contributed by atoms with van der Waals surface area (Å²) in [6, 6.07) is 31.0. The molecule has 0 radical (unpaired) electrons. The van der Waals surface area contributed by atoms with E-state index in [0.717, 1.165) is 22.6 Å². The maximum absolute atomic E-state index is 13.2. The van der Waals surface area contributed by atoms with E-state index in [9.17, 15) is 13.2 Å². The van der Waals surface area contributed by atoms with Gasteiger partial charge < -0.3 is 4.74 Å². The molecule has 1 N–H and O–H groups in total. The summed E-state index contributed by atoms with van der Waals surface area (Å²) in [4.78, 5) is 17.6. The van der Waals surface area contributed by atoms with Gasteiger partial charge in [-0.3, -0.25) is 10.1 Å². The van der Waals surface area contributed by atoms with Crippen LogP contribution in [0.1, 0.15) is 21.5 Å². The van der Waals surface area contributed by atoms with Crippen LogP contribution in [0.3, 0.4) is 0 Å². The van der Waals surface area contributed by atoms with Gasteiger partial charge in [0.15, 0.2) is 5.13 Å². The number of para-hydroxylation sites is 1. The zero-order valence-electron chi connectivity index (χ0n) is 21.4. The Bertz CT molecular complexity index is 1750. The van der Waals surface area contributed by atoms with Crippen LogP contribution in [0.2, 0.25) is 0 Å². The number of hydrogen-bond donors (Lipinski definition) is 1. The van der Waals surface area contributed by atoms with Gasteiger partial charge in [0, 0.05) is 29.6 Å². The first kappa shape index (κ1) is 25.9. The summed E-state index contributed by atoms with van der Waals surface area (Å²) in [5, 5.41) is 5.13. The van der Waals surface area contributed by atoms with Crippen LogP contribution < -0.4 is 10.1 Å². The topological polar surface area (TPSA) is 88.6 Å². The molecule has 2 heterocycles. The fraction of sp³-hybridized carbons (Fsp3) is 0.0968. The number of sulfonamides is 1. The van der Waals surface area contributed by atoms with Crippen molar-refractivity contribution in [2.45, 2.75) is 17.9 Å². The summed E-state index contributed by atoms with van der Waals surface area (Å²) in [5.74, 6) is 1.12. The first-order valence-corrected chi connectivity index (χ1v) is 15.0. The lowest BCUT2D eigenvalue weighted by molar-refractivity contribution is 0.102. The van der Waals surface area contributed by atoms with Gasteiger partial charge in [-0.05, 0) is 78.2 Å². The van der Waals surface area contributed by atoms with E-state index in [1.54, 1.807) is 0 Å². The summed E-state index contributed by atoms with van der Waals surface area (Å²) in [6.07, 6.45) is 0.678. The Kier molecular flexibility index (Phi) is 7.17. The van der Waals surface area contributed by atoms with Crippen LogP contribution in [0, 0.1) is 0 Å². The van der Waals surface area contributed by atoms with Gasteiger partial charge in [-0.2, -0.15) is 4.31 Å². The maximum Gasteiger partial charge on any atom is 0.257 e. The third kappa shape index (κ3) is 5.53. The van der Waals surface area contributed by atoms with Crippen LogP contribution in [0.5, 0.6) is 11.5 Å². The Morgan fingerprint density at radius 2 is 1.50 bits per heavy atom. The number of benzene rings is 4. The van der Waals surface area contributed by atoms with E-state index in [2.05, 4.69) is 10.3 Å². The first-order valence-electron chi connectivity index (χ1n) is 12.7. The molecule has 1 amide bonds. The molecule has 0 fully saturated rings. The van der Waals surface area contributed by atoms with Crippen molar-refractivity contribution < 1.29 is 17.9 Å². The highest BCUT2D eigenvalue weighted by Gasteiger charge is 2.28. The van der Waals surface area contributed by atoms with Crippen molar-refractivity contribution in [2.75, 3.05) is 11.9 Å². The molecule has 4 aromatic carbocycles. The van der Waals surface area contributed by atoms with Crippen LogP contribution >= 0.6 is 11.3 Å². The van der Waals surface area contributed by atoms with E-state index in [-0.39, 0.29) is 10.8 Å². The Morgan fingerprint density at radius 1 is 0.825 bits per heavy atom. The average molecular weight is 568 g/mol. The quantitative estimate of drug-likeness (QED) is 0.239. The number of aromatic nitrogens is 1. The summed E-state index contributed by atoms with van der Waals surface area (Å²) in [7, 11) is -3.67. The van der Waals surface area contributed by atoms with Gasteiger partial charge in [-0.15, -0.1) is 11.3 Å². The molecule has 1 aromatic heterocycles. The molecule has 0 aliphatic carbocycles. The summed E-state index contributed by atoms with van der Waals surface area (Å²) in [6.45, 7) is 0.770. The lowest BCUT2D eigenvalue weighted by Crippen LogP contribution is -2.35. The number of thiazole rings is 1. The molecule has 0 saturated carbocycles. The van der Waals surface area contributed by atoms with E-state index in [0.29, 0.717) is 36.0 Å². The van der Waals surface area contributed by atoms with Crippen molar-refractivity contribution in [3.05, 3.63) is 125 Å². The number of nitrogens with zero attached hydrogens (tertiary/aromatic N) is 2. The van der Waals surface area contributed by atoms with Crippen molar-refractivity contribution in [3.8, 4) is 22.8 Å². The number of fused-ring (bicyclic) bond motifs is 1. The number of rotatable bonds is 7. The third-order valence-corrected chi connectivity index (χ3v) is 9.32. The average Bonchev–Trinajstić information content (AvgIpc) is 3.46. The normalized spacial score (nSPS) is 13.4. The maximum atomic E-state index is 13.2. The Labute approximate surface area is 236 Å². The van der Waals surface area contributed by atoms with Crippen molar-refractivity contribution in [2.24, 2.45) is 0 Å². The number of ether oxygens (including phenoxy) is 1. The molecule has 0 atom stereocenters. The van der Waals surface area contributed by atoms with Crippen LogP contribution in [0.4, 0.5) is 5.13 Å². The molecule has 200 valence electrons. The van der Waals surface area contributed by atoms with Gasteiger partial charge in [-0.1, -0.05) is 42.5 Å². The van der Waals surface area contributed by atoms with Gasteiger partial charge in [0.2, 0.25) is 10.0 Å². The number of amides is 1. The van der Waals surface area contributed by atoms with Crippen LogP contribution in [0.25, 0.3) is 11.3 Å². The second kappa shape index (κ2) is 11.1. The van der Waals surface area contributed by atoms with Gasteiger partial charge >= 0.3 is 0 Å². The molecule has 1 aliphatic rings. The molecule has 7 nitrogen and oxygen atoms in total. The predicted molar refractivity (Wildman–Crippen MR) is 156 cm³/mol. The largest absolute Gasteiger partial charge is 0.457 e. The molecule has 0 spiro atoms. The van der Waals surface area contributed by atoms with Crippen LogP contribution in [-0.4, -0.2) is 30.2 Å². The minimum Gasteiger partial charge on any atom is -0.457 e. The molecule has 1 aliphatic heterocycles. The Balaban J connectivity index is 1.09. The summed E-state index contributed by atoms with van der Waals surface area (Å²) < 4.78 is 33.8. The first-order chi connectivity index (χ1) is 19.5. The molecular weight excluding hydrogens is 542 g/mol. The molecule has 0 bridgehead atoms. The number of nitrogens with one attached hydrogen (secondary N) is 1. The number of anilines is 1. The molecule has 5 aromatic rings. The van der Waals surface area contributed by atoms with E-state index in [4.69, 9.17) is 4.74 Å². The van der Waals surface area contributed by atoms with Gasteiger partial charge in [-0.25, -0.2) is 13.4 Å². The van der Waals surface area contributed by atoms with E-state index in [1.165, 1.54) is 45.5 Å². The van der Waals surface area contributed by atoms with Crippen LogP contribution in [0.15, 0.2) is 113 Å². The van der Waals surface area contributed by atoms with Gasteiger partial charge in [0.05, 0.1) is 10.6 Å². The highest BCUT2D eigenvalue weighted by atomic mass is 32.2. The van der Waals surface area contributed by atoms with E-state index < -0.39 is 10.0 Å². The van der Waals surface area contributed by atoms with E-state index in [1.807, 2.05) is 84.2 Å².